The third-order valence-corrected chi connectivity index (χ3v) is 8.77. The van der Waals surface area contributed by atoms with Crippen molar-refractivity contribution in [3.63, 3.8) is 0 Å². The standard InChI is InChI=1S/C29H25F2N5O3S/c1-15-13-35-27(32-15)21-10-9-20-23(28-34-33-22(40-28)11-17-7-8-18(30)12-19(17)31)25(37)26(24(29(35)38)36(20)21)39-14-16-5-3-2-4-6-16/h2-8,12,15,21,27,32H,9-11,13-14H2,1H3/t15-,21?,27?/m0/s1. The highest BCUT2D eigenvalue weighted by atomic mass is 32.1. The van der Waals surface area contributed by atoms with Crippen LogP contribution in [0.15, 0.2) is 53.3 Å². The maximum atomic E-state index is 14.3. The molecule has 2 aromatic heterocycles. The lowest BCUT2D eigenvalue weighted by atomic mass is 10.1. The highest BCUT2D eigenvalue weighted by Crippen LogP contribution is 2.44. The molecular formula is C29H25F2N5O3S. The number of nitrogens with one attached hydrogen (secondary N) is 1. The average Bonchev–Trinajstić information content (AvgIpc) is 3.67. The first-order valence-corrected chi connectivity index (χ1v) is 14.0. The van der Waals surface area contributed by atoms with Crippen LogP contribution in [0.25, 0.3) is 10.6 Å². The number of benzene rings is 2. The second kappa shape index (κ2) is 9.60. The van der Waals surface area contributed by atoms with E-state index in [0.29, 0.717) is 28.5 Å². The van der Waals surface area contributed by atoms with Crippen LogP contribution in [-0.2, 0) is 19.4 Å². The molecule has 1 N–H and O–H groups in total. The fraction of sp³-hybridized carbons (Fsp3) is 0.310. The Hall–Kier alpha value is -3.96. The van der Waals surface area contributed by atoms with Gasteiger partial charge in [-0.05, 0) is 37.0 Å². The molecule has 11 heteroatoms. The Morgan fingerprint density at radius 2 is 1.95 bits per heavy atom. The Labute approximate surface area is 232 Å². The van der Waals surface area contributed by atoms with Crippen molar-refractivity contribution in [3.8, 4) is 16.3 Å². The summed E-state index contributed by atoms with van der Waals surface area (Å²) in [6, 6.07) is 13.0. The summed E-state index contributed by atoms with van der Waals surface area (Å²) in [7, 11) is 0. The van der Waals surface area contributed by atoms with E-state index in [-0.39, 0.29) is 54.2 Å². The summed E-state index contributed by atoms with van der Waals surface area (Å²) < 4.78 is 35.8. The topological polar surface area (TPSA) is 89.3 Å². The maximum Gasteiger partial charge on any atom is 0.275 e. The minimum atomic E-state index is -0.662. The van der Waals surface area contributed by atoms with Crippen LogP contribution in [0.4, 0.5) is 8.78 Å². The van der Waals surface area contributed by atoms with Gasteiger partial charge in [0.1, 0.15) is 29.4 Å². The number of ether oxygens (including phenoxy) is 1. The zero-order valence-corrected chi connectivity index (χ0v) is 22.4. The SMILES string of the molecule is C[C@H]1CN2C(=O)c3c(OCc4ccccc4)c(=O)c(-c4nnc(Cc5ccc(F)cc5F)s4)c4n3C(CC4)C2N1. The van der Waals surface area contributed by atoms with Crippen LogP contribution in [0.2, 0.25) is 0 Å². The first-order chi connectivity index (χ1) is 19.4. The summed E-state index contributed by atoms with van der Waals surface area (Å²) in [5.74, 6) is -1.53. The number of halogens is 2. The lowest BCUT2D eigenvalue weighted by Crippen LogP contribution is -2.51. The number of pyridine rings is 1. The fourth-order valence-corrected chi connectivity index (χ4v) is 7.01. The van der Waals surface area contributed by atoms with Crippen LogP contribution >= 0.6 is 11.3 Å². The van der Waals surface area contributed by atoms with Crippen molar-refractivity contribution in [3.05, 3.63) is 97.9 Å². The summed E-state index contributed by atoms with van der Waals surface area (Å²) in [5, 5.41) is 13.0. The number of aromatic nitrogens is 3. The molecule has 0 radical (unpaired) electrons. The van der Waals surface area contributed by atoms with Gasteiger partial charge in [0, 0.05) is 30.8 Å². The molecule has 0 bridgehead atoms. The van der Waals surface area contributed by atoms with E-state index in [1.807, 2.05) is 46.7 Å². The Morgan fingerprint density at radius 1 is 1.12 bits per heavy atom. The number of carbonyl (C=O) groups is 1. The number of nitrogens with zero attached hydrogens (tertiary/aromatic N) is 4. The molecule has 7 rings (SSSR count). The molecule has 2 aromatic carbocycles. The van der Waals surface area contributed by atoms with Crippen molar-refractivity contribution in [2.45, 2.75) is 51.0 Å². The minimum Gasteiger partial charge on any atom is -0.483 e. The van der Waals surface area contributed by atoms with Gasteiger partial charge in [-0.15, -0.1) is 10.2 Å². The van der Waals surface area contributed by atoms with E-state index in [2.05, 4.69) is 15.5 Å². The number of amides is 1. The van der Waals surface area contributed by atoms with Gasteiger partial charge in [0.05, 0.1) is 11.6 Å². The van der Waals surface area contributed by atoms with Gasteiger partial charge >= 0.3 is 0 Å². The second-order valence-corrected chi connectivity index (χ2v) is 11.5. The van der Waals surface area contributed by atoms with Gasteiger partial charge in [-0.1, -0.05) is 47.7 Å². The number of hydrogen-bond donors (Lipinski definition) is 1. The Bertz CT molecular complexity index is 1710. The molecule has 3 aliphatic rings. The van der Waals surface area contributed by atoms with Gasteiger partial charge in [0.25, 0.3) is 5.91 Å². The molecule has 3 atom stereocenters. The van der Waals surface area contributed by atoms with Gasteiger partial charge < -0.3 is 14.2 Å². The first kappa shape index (κ1) is 25.0. The van der Waals surface area contributed by atoms with E-state index in [0.717, 1.165) is 23.7 Å². The molecule has 2 unspecified atom stereocenters. The summed E-state index contributed by atoms with van der Waals surface area (Å²) in [6.07, 6.45) is 1.29. The van der Waals surface area contributed by atoms with Crippen LogP contribution in [-0.4, -0.2) is 44.3 Å². The van der Waals surface area contributed by atoms with Gasteiger partial charge in [-0.25, -0.2) is 8.78 Å². The smallest absolute Gasteiger partial charge is 0.275 e. The lowest BCUT2D eigenvalue weighted by molar-refractivity contribution is 0.0589. The molecule has 40 heavy (non-hydrogen) atoms. The van der Waals surface area contributed by atoms with Crippen molar-refractivity contribution >= 4 is 17.2 Å². The van der Waals surface area contributed by atoms with E-state index >= 15 is 0 Å². The van der Waals surface area contributed by atoms with Gasteiger partial charge in [0.2, 0.25) is 5.43 Å². The van der Waals surface area contributed by atoms with Crippen LogP contribution in [0.1, 0.15) is 51.7 Å². The number of rotatable bonds is 6. The summed E-state index contributed by atoms with van der Waals surface area (Å²) in [4.78, 5) is 29.8. The highest BCUT2D eigenvalue weighted by Gasteiger charge is 2.49. The summed E-state index contributed by atoms with van der Waals surface area (Å²) in [5.41, 5.74) is 2.14. The normalized spacial score (nSPS) is 21.0. The van der Waals surface area contributed by atoms with Crippen molar-refractivity contribution in [1.82, 2.24) is 25.0 Å². The number of carbonyl (C=O) groups excluding carboxylic acids is 1. The fourth-order valence-electron chi connectivity index (χ4n) is 6.09. The van der Waals surface area contributed by atoms with Crippen LogP contribution in [0.5, 0.6) is 5.75 Å². The predicted molar refractivity (Wildman–Crippen MR) is 144 cm³/mol. The third-order valence-electron chi connectivity index (χ3n) is 7.83. The molecule has 204 valence electrons. The van der Waals surface area contributed by atoms with Crippen molar-refractivity contribution in [2.75, 3.05) is 6.54 Å². The zero-order chi connectivity index (χ0) is 27.5. The Morgan fingerprint density at radius 3 is 2.75 bits per heavy atom. The highest BCUT2D eigenvalue weighted by molar-refractivity contribution is 7.14. The first-order valence-electron chi connectivity index (χ1n) is 13.2. The number of hydrogen-bond acceptors (Lipinski definition) is 7. The Balaban J connectivity index is 1.34. The van der Waals surface area contributed by atoms with Crippen molar-refractivity contribution in [1.29, 1.82) is 0 Å². The van der Waals surface area contributed by atoms with Gasteiger partial charge in [-0.3, -0.25) is 14.9 Å². The second-order valence-electron chi connectivity index (χ2n) is 10.5. The molecule has 3 aliphatic heterocycles. The van der Waals surface area contributed by atoms with Gasteiger partial charge in [-0.2, -0.15) is 0 Å². The van der Waals surface area contributed by atoms with E-state index in [4.69, 9.17) is 4.74 Å². The maximum absolute atomic E-state index is 14.3. The molecule has 1 amide bonds. The van der Waals surface area contributed by atoms with Crippen molar-refractivity contribution in [2.24, 2.45) is 0 Å². The van der Waals surface area contributed by atoms with E-state index in [1.165, 1.54) is 23.5 Å². The molecule has 8 nitrogen and oxygen atoms in total. The largest absolute Gasteiger partial charge is 0.483 e. The molecule has 0 saturated carbocycles. The zero-order valence-electron chi connectivity index (χ0n) is 21.6. The molecule has 1 saturated heterocycles. The van der Waals surface area contributed by atoms with E-state index in [1.54, 1.807) is 0 Å². The molecule has 0 aliphatic carbocycles. The molecule has 1 fully saturated rings. The minimum absolute atomic E-state index is 0.0128. The molecular weight excluding hydrogens is 536 g/mol. The molecule has 4 aromatic rings. The lowest BCUT2D eigenvalue weighted by Gasteiger charge is -2.38. The summed E-state index contributed by atoms with van der Waals surface area (Å²) in [6.45, 7) is 2.73. The molecule has 0 spiro atoms. The predicted octanol–water partition coefficient (Wildman–Crippen LogP) is 4.08. The monoisotopic (exact) mass is 561 g/mol. The number of fused-ring (bicyclic) bond motifs is 2. The average molecular weight is 562 g/mol. The van der Waals surface area contributed by atoms with Crippen LogP contribution < -0.4 is 15.5 Å². The Kier molecular flexibility index (Phi) is 6.01. The van der Waals surface area contributed by atoms with Gasteiger partial charge in [0.15, 0.2) is 16.5 Å². The third kappa shape index (κ3) is 4.03. The van der Waals surface area contributed by atoms with E-state index < -0.39 is 17.1 Å². The molecule has 5 heterocycles. The van der Waals surface area contributed by atoms with E-state index in [9.17, 15) is 18.4 Å². The van der Waals surface area contributed by atoms with Crippen LogP contribution in [0, 0.1) is 11.6 Å². The van der Waals surface area contributed by atoms with Crippen molar-refractivity contribution < 1.29 is 18.3 Å². The van der Waals surface area contributed by atoms with Crippen LogP contribution in [0.3, 0.4) is 0 Å². The quantitative estimate of drug-likeness (QED) is 0.382. The summed E-state index contributed by atoms with van der Waals surface area (Å²) >= 11 is 1.19.